The number of hydrogen-bond donors (Lipinski definition) is 1. The maximum Gasteiger partial charge on any atom is 0.340 e. The molecule has 0 saturated heterocycles. The maximum atomic E-state index is 13.7. The minimum Gasteiger partial charge on any atom is -0.465 e. The van der Waals surface area contributed by atoms with Crippen LogP contribution in [0.25, 0.3) is 0 Å². The van der Waals surface area contributed by atoms with Crippen molar-refractivity contribution in [2.75, 3.05) is 12.4 Å². The molecule has 1 unspecified atom stereocenters. The first kappa shape index (κ1) is 14.5. The molecule has 0 aliphatic carbocycles. The molecule has 2 rings (SSSR count). The van der Waals surface area contributed by atoms with E-state index in [0.717, 1.165) is 18.1 Å². The lowest BCUT2D eigenvalue weighted by atomic mass is 10.1. The van der Waals surface area contributed by atoms with E-state index in [1.807, 2.05) is 24.4 Å². The predicted octanol–water partition coefficient (Wildman–Crippen LogP) is 3.99. The summed E-state index contributed by atoms with van der Waals surface area (Å²) in [7, 11) is 1.15. The molecule has 0 spiro atoms. The molecule has 0 bridgehead atoms. The van der Waals surface area contributed by atoms with Crippen LogP contribution in [0.2, 0.25) is 0 Å². The van der Waals surface area contributed by atoms with E-state index in [0.29, 0.717) is 6.07 Å². The smallest absolute Gasteiger partial charge is 0.340 e. The molecule has 1 N–H and O–H groups in total. The molecule has 106 valence electrons. The summed E-state index contributed by atoms with van der Waals surface area (Å²) >= 11 is 1.52. The van der Waals surface area contributed by atoms with Gasteiger partial charge in [0.15, 0.2) is 0 Å². The Kier molecular flexibility index (Phi) is 4.34. The molecule has 0 aliphatic rings. The molecular weight excluding hydrogens is 284 g/mol. The Bertz CT molecular complexity index is 614. The van der Waals surface area contributed by atoms with E-state index in [-0.39, 0.29) is 17.3 Å². The Morgan fingerprint density at radius 1 is 1.35 bits per heavy atom. The van der Waals surface area contributed by atoms with E-state index in [9.17, 15) is 13.6 Å². The number of hydrogen-bond acceptors (Lipinski definition) is 4. The molecule has 20 heavy (non-hydrogen) atoms. The average molecular weight is 297 g/mol. The summed E-state index contributed by atoms with van der Waals surface area (Å²) in [4.78, 5) is 12.4. The summed E-state index contributed by atoms with van der Waals surface area (Å²) in [5.41, 5.74) is -0.234. The second-order valence-electron chi connectivity index (χ2n) is 4.18. The van der Waals surface area contributed by atoms with E-state index in [1.54, 1.807) is 0 Å². The van der Waals surface area contributed by atoms with Crippen molar-refractivity contribution in [3.8, 4) is 0 Å². The lowest BCUT2D eigenvalue weighted by Crippen LogP contribution is -2.10. The third-order valence-corrected chi connectivity index (χ3v) is 3.86. The van der Waals surface area contributed by atoms with Crippen molar-refractivity contribution in [1.82, 2.24) is 0 Å². The summed E-state index contributed by atoms with van der Waals surface area (Å²) in [6.45, 7) is 1.85. The number of halogens is 2. The van der Waals surface area contributed by atoms with Gasteiger partial charge < -0.3 is 10.1 Å². The number of carbonyl (C=O) groups excluding carboxylic acids is 1. The van der Waals surface area contributed by atoms with Crippen LogP contribution >= 0.6 is 11.3 Å². The van der Waals surface area contributed by atoms with Crippen molar-refractivity contribution in [3.05, 3.63) is 51.7 Å². The number of benzene rings is 1. The van der Waals surface area contributed by atoms with Crippen molar-refractivity contribution >= 4 is 23.0 Å². The van der Waals surface area contributed by atoms with Gasteiger partial charge in [-0.2, -0.15) is 0 Å². The van der Waals surface area contributed by atoms with Crippen LogP contribution in [0.1, 0.15) is 28.2 Å². The lowest BCUT2D eigenvalue weighted by Gasteiger charge is -2.15. The Morgan fingerprint density at radius 3 is 2.70 bits per heavy atom. The van der Waals surface area contributed by atoms with E-state index in [1.165, 1.54) is 11.3 Å². The molecule has 1 heterocycles. The number of thiophene rings is 1. The van der Waals surface area contributed by atoms with Gasteiger partial charge in [0.2, 0.25) is 0 Å². The second-order valence-corrected chi connectivity index (χ2v) is 5.16. The van der Waals surface area contributed by atoms with Gasteiger partial charge in [-0.05, 0) is 24.4 Å². The number of methoxy groups -OCH3 is 1. The Balaban J connectivity index is 2.29. The zero-order valence-corrected chi connectivity index (χ0v) is 11.8. The zero-order valence-electron chi connectivity index (χ0n) is 10.9. The Hall–Kier alpha value is -1.95. The highest BCUT2D eigenvalue weighted by atomic mass is 32.1. The highest BCUT2D eigenvalue weighted by molar-refractivity contribution is 7.10. The van der Waals surface area contributed by atoms with Gasteiger partial charge >= 0.3 is 5.97 Å². The molecule has 0 amide bonds. The van der Waals surface area contributed by atoms with E-state index in [4.69, 9.17) is 0 Å². The molecule has 0 aliphatic heterocycles. The van der Waals surface area contributed by atoms with Crippen LogP contribution in [0.5, 0.6) is 0 Å². The van der Waals surface area contributed by atoms with Crippen molar-refractivity contribution in [2.45, 2.75) is 13.0 Å². The summed E-state index contributed by atoms with van der Waals surface area (Å²) in [5, 5.41) is 4.83. The van der Waals surface area contributed by atoms with Gasteiger partial charge in [0.1, 0.15) is 11.6 Å². The highest BCUT2D eigenvalue weighted by Crippen LogP contribution is 2.26. The quantitative estimate of drug-likeness (QED) is 0.867. The SMILES string of the molecule is COC(=O)c1cc(NC(C)c2cccs2)c(F)cc1F. The molecular formula is C14H13F2NO2S. The van der Waals surface area contributed by atoms with Gasteiger partial charge in [-0.15, -0.1) is 11.3 Å². The van der Waals surface area contributed by atoms with Crippen molar-refractivity contribution in [2.24, 2.45) is 0 Å². The zero-order chi connectivity index (χ0) is 14.7. The van der Waals surface area contributed by atoms with Crippen molar-refractivity contribution in [3.63, 3.8) is 0 Å². The largest absolute Gasteiger partial charge is 0.465 e. The molecule has 2 aromatic rings. The second kappa shape index (κ2) is 6.00. The minimum atomic E-state index is -0.941. The van der Waals surface area contributed by atoms with E-state index in [2.05, 4.69) is 10.1 Å². The Morgan fingerprint density at radius 2 is 2.10 bits per heavy atom. The molecule has 0 radical (unpaired) electrons. The molecule has 6 heteroatoms. The average Bonchev–Trinajstić information content (AvgIpc) is 2.95. The van der Waals surface area contributed by atoms with Crippen LogP contribution in [-0.2, 0) is 4.74 Å². The first-order valence-corrected chi connectivity index (χ1v) is 6.78. The summed E-state index contributed by atoms with van der Waals surface area (Å²) in [6.07, 6.45) is 0. The van der Waals surface area contributed by atoms with Crippen LogP contribution < -0.4 is 5.32 Å². The van der Waals surface area contributed by atoms with Crippen LogP contribution in [0.15, 0.2) is 29.6 Å². The molecule has 0 saturated carbocycles. The van der Waals surface area contributed by atoms with Gasteiger partial charge in [-0.3, -0.25) is 0 Å². The molecule has 3 nitrogen and oxygen atoms in total. The number of nitrogens with one attached hydrogen (secondary N) is 1. The normalized spacial score (nSPS) is 12.0. The summed E-state index contributed by atoms with van der Waals surface area (Å²) in [6, 6.07) is 5.45. The third kappa shape index (κ3) is 2.96. The van der Waals surface area contributed by atoms with Gasteiger partial charge in [0.25, 0.3) is 0 Å². The fourth-order valence-electron chi connectivity index (χ4n) is 1.77. The maximum absolute atomic E-state index is 13.7. The number of carbonyl (C=O) groups is 1. The first-order chi connectivity index (χ1) is 9.52. The monoisotopic (exact) mass is 297 g/mol. The number of esters is 1. The van der Waals surface area contributed by atoms with Gasteiger partial charge in [0.05, 0.1) is 24.4 Å². The van der Waals surface area contributed by atoms with Crippen LogP contribution in [0.4, 0.5) is 14.5 Å². The first-order valence-electron chi connectivity index (χ1n) is 5.90. The number of ether oxygens (including phenoxy) is 1. The van der Waals surface area contributed by atoms with Crippen molar-refractivity contribution < 1.29 is 18.3 Å². The van der Waals surface area contributed by atoms with Gasteiger partial charge in [0, 0.05) is 10.9 Å². The predicted molar refractivity (Wildman–Crippen MR) is 74.1 cm³/mol. The third-order valence-electron chi connectivity index (χ3n) is 2.80. The number of anilines is 1. The molecule has 1 atom stereocenters. The van der Waals surface area contributed by atoms with Crippen LogP contribution in [-0.4, -0.2) is 13.1 Å². The molecule has 0 fully saturated rings. The minimum absolute atomic E-state index is 0.0627. The van der Waals surface area contributed by atoms with Gasteiger partial charge in [-0.25, -0.2) is 13.6 Å². The fourth-order valence-corrected chi connectivity index (χ4v) is 2.50. The highest BCUT2D eigenvalue weighted by Gasteiger charge is 2.18. The van der Waals surface area contributed by atoms with Crippen LogP contribution in [0, 0.1) is 11.6 Å². The molecule has 1 aromatic heterocycles. The lowest BCUT2D eigenvalue weighted by molar-refractivity contribution is 0.0595. The summed E-state index contributed by atoms with van der Waals surface area (Å²) < 4.78 is 31.7. The van der Waals surface area contributed by atoms with E-state index < -0.39 is 17.6 Å². The fraction of sp³-hybridized carbons (Fsp3) is 0.214. The van der Waals surface area contributed by atoms with Gasteiger partial charge in [-0.1, -0.05) is 6.07 Å². The van der Waals surface area contributed by atoms with Crippen LogP contribution in [0.3, 0.4) is 0 Å². The number of rotatable bonds is 4. The van der Waals surface area contributed by atoms with E-state index >= 15 is 0 Å². The summed E-state index contributed by atoms with van der Waals surface area (Å²) in [5.74, 6) is -2.53. The Labute approximate surface area is 119 Å². The van der Waals surface area contributed by atoms with Crippen molar-refractivity contribution in [1.29, 1.82) is 0 Å². The standard InChI is InChI=1S/C14H13F2NO2S/c1-8(13-4-3-5-20-13)17-12-6-9(14(18)19-2)10(15)7-11(12)16/h3-8,17H,1-2H3. The molecule has 1 aromatic carbocycles. The topological polar surface area (TPSA) is 38.3 Å².